The summed E-state index contributed by atoms with van der Waals surface area (Å²) >= 11 is 1.73. The number of thiazole rings is 1. The van der Waals surface area contributed by atoms with Crippen molar-refractivity contribution in [3.63, 3.8) is 0 Å². The quantitative estimate of drug-likeness (QED) is 0.718. The molecule has 15 heavy (non-hydrogen) atoms. The van der Waals surface area contributed by atoms with Crippen molar-refractivity contribution in [1.29, 1.82) is 0 Å². The van der Waals surface area contributed by atoms with Crippen LogP contribution in [-0.4, -0.2) is 24.6 Å². The molecule has 1 heterocycles. The fourth-order valence-corrected chi connectivity index (χ4v) is 2.37. The van der Waals surface area contributed by atoms with Crippen LogP contribution in [0.5, 0.6) is 0 Å². The molecule has 84 valence electrons. The van der Waals surface area contributed by atoms with Gasteiger partial charge in [0, 0.05) is 24.9 Å². The summed E-state index contributed by atoms with van der Waals surface area (Å²) in [6.07, 6.45) is 3.63. The minimum atomic E-state index is 0.442. The molecule has 0 bridgehead atoms. The second-order valence-electron chi connectivity index (χ2n) is 4.49. The molecule has 1 fully saturated rings. The van der Waals surface area contributed by atoms with E-state index in [4.69, 9.17) is 5.73 Å². The molecule has 0 atom stereocenters. The number of aromatic nitrogens is 1. The van der Waals surface area contributed by atoms with Crippen molar-refractivity contribution in [3.05, 3.63) is 16.1 Å². The molecule has 1 saturated carbocycles. The number of nitrogens with two attached hydrogens (primary N) is 1. The molecule has 0 aliphatic heterocycles. The van der Waals surface area contributed by atoms with E-state index in [1.165, 1.54) is 18.5 Å². The van der Waals surface area contributed by atoms with E-state index in [0.717, 1.165) is 31.1 Å². The van der Waals surface area contributed by atoms with Crippen LogP contribution >= 0.6 is 11.3 Å². The van der Waals surface area contributed by atoms with Crippen molar-refractivity contribution in [2.75, 3.05) is 19.6 Å². The molecule has 2 rings (SSSR count). The van der Waals surface area contributed by atoms with Gasteiger partial charge in [0.25, 0.3) is 0 Å². The minimum Gasteiger partial charge on any atom is -0.330 e. The van der Waals surface area contributed by atoms with Gasteiger partial charge in [0.15, 0.2) is 0 Å². The number of nitrogens with one attached hydrogen (secondary N) is 1. The Labute approximate surface area is 95.1 Å². The fourth-order valence-electron chi connectivity index (χ4n) is 1.72. The highest BCUT2D eigenvalue weighted by Gasteiger charge is 2.40. The Kier molecular flexibility index (Phi) is 3.38. The van der Waals surface area contributed by atoms with Gasteiger partial charge in [-0.3, -0.25) is 0 Å². The Morgan fingerprint density at radius 3 is 2.93 bits per heavy atom. The molecule has 0 spiro atoms. The number of hydrogen-bond donors (Lipinski definition) is 2. The third-order valence-corrected chi connectivity index (χ3v) is 3.94. The van der Waals surface area contributed by atoms with Gasteiger partial charge < -0.3 is 11.1 Å². The predicted molar refractivity (Wildman–Crippen MR) is 64.1 cm³/mol. The lowest BCUT2D eigenvalue weighted by molar-refractivity contribution is 0.469. The SMILES string of the molecule is Cc1nc(CCNCC2(CN)CC2)cs1. The van der Waals surface area contributed by atoms with E-state index in [9.17, 15) is 0 Å². The molecular weight excluding hydrogens is 206 g/mol. The minimum absolute atomic E-state index is 0.442. The lowest BCUT2D eigenvalue weighted by Crippen LogP contribution is -2.30. The summed E-state index contributed by atoms with van der Waals surface area (Å²) in [6, 6.07) is 0. The van der Waals surface area contributed by atoms with Crippen molar-refractivity contribution in [2.45, 2.75) is 26.2 Å². The van der Waals surface area contributed by atoms with E-state index >= 15 is 0 Å². The summed E-state index contributed by atoms with van der Waals surface area (Å²) in [5, 5.41) is 6.79. The molecule has 3 nitrogen and oxygen atoms in total. The standard InChI is InChI=1S/C11H19N3S/c1-9-14-10(6-15-9)2-5-13-8-11(7-12)3-4-11/h6,13H,2-5,7-8,12H2,1H3. The van der Waals surface area contributed by atoms with Gasteiger partial charge in [0.2, 0.25) is 0 Å². The Bertz CT molecular complexity index is 317. The van der Waals surface area contributed by atoms with E-state index in [1.807, 2.05) is 0 Å². The van der Waals surface area contributed by atoms with Crippen LogP contribution in [0.2, 0.25) is 0 Å². The van der Waals surface area contributed by atoms with Crippen LogP contribution in [0.15, 0.2) is 5.38 Å². The third kappa shape index (κ3) is 3.00. The van der Waals surface area contributed by atoms with Gasteiger partial charge in [-0.1, -0.05) is 0 Å². The molecule has 3 N–H and O–H groups in total. The molecule has 4 heteroatoms. The topological polar surface area (TPSA) is 50.9 Å². The highest BCUT2D eigenvalue weighted by molar-refractivity contribution is 7.09. The lowest BCUT2D eigenvalue weighted by Gasteiger charge is -2.12. The van der Waals surface area contributed by atoms with Crippen LogP contribution in [0.3, 0.4) is 0 Å². The van der Waals surface area contributed by atoms with Crippen LogP contribution in [0.4, 0.5) is 0 Å². The number of nitrogens with zero attached hydrogens (tertiary/aromatic N) is 1. The van der Waals surface area contributed by atoms with Crippen LogP contribution in [0.25, 0.3) is 0 Å². The number of aryl methyl sites for hydroxylation is 1. The molecule has 0 aromatic carbocycles. The van der Waals surface area contributed by atoms with Gasteiger partial charge in [-0.25, -0.2) is 4.98 Å². The summed E-state index contributed by atoms with van der Waals surface area (Å²) < 4.78 is 0. The zero-order chi connectivity index (χ0) is 10.7. The van der Waals surface area contributed by atoms with E-state index in [1.54, 1.807) is 11.3 Å². The zero-order valence-corrected chi connectivity index (χ0v) is 10.1. The van der Waals surface area contributed by atoms with Crippen molar-refractivity contribution in [3.8, 4) is 0 Å². The van der Waals surface area contributed by atoms with E-state index in [2.05, 4.69) is 22.6 Å². The van der Waals surface area contributed by atoms with Gasteiger partial charge in [-0.2, -0.15) is 0 Å². The van der Waals surface area contributed by atoms with Crippen LogP contribution in [-0.2, 0) is 6.42 Å². The summed E-state index contributed by atoms with van der Waals surface area (Å²) in [4.78, 5) is 4.43. The van der Waals surface area contributed by atoms with Gasteiger partial charge >= 0.3 is 0 Å². The molecule has 1 aromatic heterocycles. The zero-order valence-electron chi connectivity index (χ0n) is 9.25. The first kappa shape index (κ1) is 11.0. The summed E-state index contributed by atoms with van der Waals surface area (Å²) in [5.74, 6) is 0. The van der Waals surface area contributed by atoms with Crippen LogP contribution in [0, 0.1) is 12.3 Å². The second kappa shape index (κ2) is 4.60. The maximum absolute atomic E-state index is 5.71. The fraction of sp³-hybridized carbons (Fsp3) is 0.727. The molecular formula is C11H19N3S. The normalized spacial score (nSPS) is 18.0. The van der Waals surface area contributed by atoms with Gasteiger partial charge in [0.05, 0.1) is 10.7 Å². The van der Waals surface area contributed by atoms with Gasteiger partial charge in [0.1, 0.15) is 0 Å². The lowest BCUT2D eigenvalue weighted by atomic mass is 10.1. The smallest absolute Gasteiger partial charge is 0.0897 e. The average molecular weight is 225 g/mol. The monoisotopic (exact) mass is 225 g/mol. The summed E-state index contributed by atoms with van der Waals surface area (Å²) in [5.41, 5.74) is 7.37. The molecule has 1 aliphatic carbocycles. The van der Waals surface area contributed by atoms with Crippen molar-refractivity contribution in [1.82, 2.24) is 10.3 Å². The van der Waals surface area contributed by atoms with E-state index in [0.29, 0.717) is 5.41 Å². The first-order chi connectivity index (χ1) is 7.24. The first-order valence-electron chi connectivity index (χ1n) is 5.56. The Hall–Kier alpha value is -0.450. The first-order valence-corrected chi connectivity index (χ1v) is 6.44. The Morgan fingerprint density at radius 1 is 1.60 bits per heavy atom. The van der Waals surface area contributed by atoms with Crippen LogP contribution in [0.1, 0.15) is 23.5 Å². The molecule has 0 unspecified atom stereocenters. The van der Waals surface area contributed by atoms with Crippen molar-refractivity contribution < 1.29 is 0 Å². The summed E-state index contributed by atoms with van der Waals surface area (Å²) in [6.45, 7) is 4.97. The number of rotatable bonds is 6. The predicted octanol–water partition coefficient (Wildman–Crippen LogP) is 1.32. The largest absolute Gasteiger partial charge is 0.330 e. The Morgan fingerprint density at radius 2 is 2.40 bits per heavy atom. The molecule has 0 radical (unpaired) electrons. The van der Waals surface area contributed by atoms with Gasteiger partial charge in [-0.05, 0) is 31.7 Å². The highest BCUT2D eigenvalue weighted by atomic mass is 32.1. The van der Waals surface area contributed by atoms with E-state index < -0.39 is 0 Å². The average Bonchev–Trinajstić information content (AvgIpc) is 2.91. The second-order valence-corrected chi connectivity index (χ2v) is 5.55. The van der Waals surface area contributed by atoms with Crippen molar-refractivity contribution in [2.24, 2.45) is 11.1 Å². The number of hydrogen-bond acceptors (Lipinski definition) is 4. The van der Waals surface area contributed by atoms with Gasteiger partial charge in [-0.15, -0.1) is 11.3 Å². The molecule has 1 aliphatic rings. The van der Waals surface area contributed by atoms with Crippen molar-refractivity contribution >= 4 is 11.3 Å². The molecule has 0 amide bonds. The Balaban J connectivity index is 1.63. The third-order valence-electron chi connectivity index (χ3n) is 3.11. The molecule has 1 aromatic rings. The molecule has 0 saturated heterocycles. The maximum Gasteiger partial charge on any atom is 0.0897 e. The maximum atomic E-state index is 5.71. The van der Waals surface area contributed by atoms with Crippen LogP contribution < -0.4 is 11.1 Å². The summed E-state index contributed by atoms with van der Waals surface area (Å²) in [7, 11) is 0. The van der Waals surface area contributed by atoms with E-state index in [-0.39, 0.29) is 0 Å². The highest BCUT2D eigenvalue weighted by Crippen LogP contribution is 2.43.